The maximum Gasteiger partial charge on any atom is 0.160 e. The first-order chi connectivity index (χ1) is 22.3. The summed E-state index contributed by atoms with van der Waals surface area (Å²) < 4.78 is 11.5. The molecule has 7 aromatic carbocycles. The Hall–Kier alpha value is -6.06. The normalized spacial score (nSPS) is 12.0. The van der Waals surface area contributed by atoms with Crippen LogP contribution in [-0.4, -0.2) is 9.13 Å². The summed E-state index contributed by atoms with van der Waals surface area (Å²) in [6.45, 7) is 0. The lowest BCUT2D eigenvalue weighted by atomic mass is 10.0. The molecule has 0 aliphatic heterocycles. The van der Waals surface area contributed by atoms with Gasteiger partial charge >= 0.3 is 0 Å². The van der Waals surface area contributed by atoms with Gasteiger partial charge in [-0.15, -0.1) is 0 Å². The van der Waals surface area contributed by atoms with E-state index in [2.05, 4.69) is 161 Å². The summed E-state index contributed by atoms with van der Waals surface area (Å²) >= 11 is 0. The van der Waals surface area contributed by atoms with Crippen molar-refractivity contribution >= 4 is 65.6 Å². The van der Waals surface area contributed by atoms with Gasteiger partial charge in [-0.2, -0.15) is 0 Å². The Bertz CT molecular complexity index is 2710. The zero-order valence-corrected chi connectivity index (χ0v) is 24.3. The standard InChI is InChI=1S/C42H26N2O/c1-2-12-27(13-3-1)29-23-22-28(26-39(29)44-37-19-9-4-14-30(37)31-15-5-10-20-38(31)44)43-36-18-8-6-16-32(36)34-24-25-35-33-17-7-11-21-40(33)45-42(35)41(34)43/h1-26H. The molecule has 210 valence electrons. The van der Waals surface area contributed by atoms with E-state index < -0.39 is 0 Å². The molecule has 0 saturated heterocycles. The van der Waals surface area contributed by atoms with Crippen LogP contribution < -0.4 is 0 Å². The van der Waals surface area contributed by atoms with E-state index >= 15 is 0 Å². The maximum absolute atomic E-state index is 6.64. The lowest BCUT2D eigenvalue weighted by Gasteiger charge is -2.17. The van der Waals surface area contributed by atoms with E-state index in [0.29, 0.717) is 0 Å². The Morgan fingerprint density at radius 1 is 0.400 bits per heavy atom. The minimum absolute atomic E-state index is 0.905. The third-order valence-electron chi connectivity index (χ3n) is 9.32. The first kappa shape index (κ1) is 24.4. The van der Waals surface area contributed by atoms with Gasteiger partial charge in [-0.1, -0.05) is 115 Å². The zero-order valence-electron chi connectivity index (χ0n) is 24.3. The van der Waals surface area contributed by atoms with Crippen LogP contribution in [0.2, 0.25) is 0 Å². The fourth-order valence-electron chi connectivity index (χ4n) is 7.39. The molecule has 3 nitrogen and oxygen atoms in total. The number of para-hydroxylation sites is 4. The first-order valence-corrected chi connectivity index (χ1v) is 15.4. The number of fused-ring (bicyclic) bond motifs is 10. The Labute approximate surface area is 258 Å². The predicted molar refractivity (Wildman–Crippen MR) is 188 cm³/mol. The van der Waals surface area contributed by atoms with Crippen molar-refractivity contribution in [1.82, 2.24) is 9.13 Å². The molecule has 0 aliphatic carbocycles. The molecule has 3 aromatic heterocycles. The lowest BCUT2D eigenvalue weighted by Crippen LogP contribution is -2.01. The zero-order chi connectivity index (χ0) is 29.5. The molecule has 0 fully saturated rings. The average molecular weight is 575 g/mol. The minimum atomic E-state index is 0.905. The fraction of sp³-hybridized carbons (Fsp3) is 0. The van der Waals surface area contributed by atoms with Gasteiger partial charge in [0.15, 0.2) is 5.58 Å². The molecule has 0 atom stereocenters. The van der Waals surface area contributed by atoms with Crippen molar-refractivity contribution < 1.29 is 4.42 Å². The molecule has 0 aliphatic rings. The summed E-state index contributed by atoms with van der Waals surface area (Å²) in [5.41, 5.74) is 11.0. The molecule has 10 rings (SSSR count). The summed E-state index contributed by atoms with van der Waals surface area (Å²) in [6.07, 6.45) is 0. The van der Waals surface area contributed by atoms with Crippen LogP contribution in [0.3, 0.4) is 0 Å². The van der Waals surface area contributed by atoms with E-state index in [1.54, 1.807) is 0 Å². The Morgan fingerprint density at radius 2 is 0.956 bits per heavy atom. The van der Waals surface area contributed by atoms with E-state index in [4.69, 9.17) is 4.42 Å². The van der Waals surface area contributed by atoms with Crippen LogP contribution in [0, 0.1) is 0 Å². The van der Waals surface area contributed by atoms with Crippen LogP contribution in [0.25, 0.3) is 88.1 Å². The van der Waals surface area contributed by atoms with Crippen LogP contribution in [0.5, 0.6) is 0 Å². The molecular formula is C42H26N2O. The van der Waals surface area contributed by atoms with Crippen LogP contribution >= 0.6 is 0 Å². The molecule has 3 heteroatoms. The Kier molecular flexibility index (Phi) is 5.00. The van der Waals surface area contributed by atoms with Crippen molar-refractivity contribution in [2.24, 2.45) is 0 Å². The number of furan rings is 1. The smallest absolute Gasteiger partial charge is 0.160 e. The van der Waals surface area contributed by atoms with Gasteiger partial charge in [-0.25, -0.2) is 0 Å². The Morgan fingerprint density at radius 3 is 1.67 bits per heavy atom. The molecule has 45 heavy (non-hydrogen) atoms. The van der Waals surface area contributed by atoms with Gasteiger partial charge in [0.25, 0.3) is 0 Å². The summed E-state index contributed by atoms with van der Waals surface area (Å²) in [4.78, 5) is 0. The van der Waals surface area contributed by atoms with Gasteiger partial charge in [0.1, 0.15) is 5.58 Å². The van der Waals surface area contributed by atoms with Crippen molar-refractivity contribution in [3.8, 4) is 22.5 Å². The SMILES string of the molecule is c1ccc(-c2ccc(-n3c4ccccc4c4ccc5c6ccccc6oc5c43)cc2-n2c3ccccc3c3ccccc32)cc1. The number of aromatic nitrogens is 2. The van der Waals surface area contributed by atoms with E-state index in [1.807, 2.05) is 6.07 Å². The number of hydrogen-bond acceptors (Lipinski definition) is 1. The van der Waals surface area contributed by atoms with Crippen LogP contribution in [0.1, 0.15) is 0 Å². The molecule has 0 amide bonds. The second-order valence-corrected chi connectivity index (χ2v) is 11.7. The highest BCUT2D eigenvalue weighted by Crippen LogP contribution is 2.42. The monoisotopic (exact) mass is 574 g/mol. The summed E-state index contributed by atoms with van der Waals surface area (Å²) in [5.74, 6) is 0. The first-order valence-electron chi connectivity index (χ1n) is 15.4. The number of hydrogen-bond donors (Lipinski definition) is 0. The summed E-state index contributed by atoms with van der Waals surface area (Å²) in [6, 6.07) is 56.5. The molecule has 0 spiro atoms. The van der Waals surface area contributed by atoms with E-state index in [1.165, 1.54) is 43.7 Å². The third kappa shape index (κ3) is 3.41. The van der Waals surface area contributed by atoms with Crippen molar-refractivity contribution in [2.75, 3.05) is 0 Å². The quantitative estimate of drug-likeness (QED) is 0.206. The van der Waals surface area contributed by atoms with E-state index in [9.17, 15) is 0 Å². The van der Waals surface area contributed by atoms with Crippen molar-refractivity contribution in [1.29, 1.82) is 0 Å². The summed E-state index contributed by atoms with van der Waals surface area (Å²) in [5, 5.41) is 7.15. The molecule has 0 radical (unpaired) electrons. The molecule has 10 aromatic rings. The fourth-order valence-corrected chi connectivity index (χ4v) is 7.39. The topological polar surface area (TPSA) is 23.0 Å². The van der Waals surface area contributed by atoms with Gasteiger partial charge in [-0.3, -0.25) is 0 Å². The maximum atomic E-state index is 6.64. The van der Waals surface area contributed by atoms with Crippen molar-refractivity contribution in [2.45, 2.75) is 0 Å². The van der Waals surface area contributed by atoms with Crippen LogP contribution in [-0.2, 0) is 0 Å². The third-order valence-corrected chi connectivity index (χ3v) is 9.32. The highest BCUT2D eigenvalue weighted by atomic mass is 16.3. The largest absolute Gasteiger partial charge is 0.454 e. The molecule has 0 N–H and O–H groups in total. The minimum Gasteiger partial charge on any atom is -0.454 e. The number of rotatable bonds is 3. The van der Waals surface area contributed by atoms with E-state index in [-0.39, 0.29) is 0 Å². The molecule has 3 heterocycles. The van der Waals surface area contributed by atoms with E-state index in [0.717, 1.165) is 44.3 Å². The van der Waals surface area contributed by atoms with Gasteiger partial charge in [-0.05, 0) is 48.0 Å². The second kappa shape index (κ2) is 9.22. The average Bonchev–Trinajstić information content (AvgIpc) is 3.76. The highest BCUT2D eigenvalue weighted by Gasteiger charge is 2.21. The van der Waals surface area contributed by atoms with Crippen LogP contribution in [0.15, 0.2) is 162 Å². The number of nitrogens with zero attached hydrogens (tertiary/aromatic N) is 2. The van der Waals surface area contributed by atoms with Gasteiger partial charge in [0.2, 0.25) is 0 Å². The molecular weight excluding hydrogens is 548 g/mol. The molecule has 0 unspecified atom stereocenters. The Balaban J connectivity index is 1.36. The van der Waals surface area contributed by atoms with Crippen molar-refractivity contribution in [3.05, 3.63) is 158 Å². The van der Waals surface area contributed by atoms with Crippen molar-refractivity contribution in [3.63, 3.8) is 0 Å². The lowest BCUT2D eigenvalue weighted by molar-refractivity contribution is 0.671. The second-order valence-electron chi connectivity index (χ2n) is 11.7. The van der Waals surface area contributed by atoms with Gasteiger partial charge in [0, 0.05) is 43.6 Å². The predicted octanol–water partition coefficient (Wildman–Crippen LogP) is 11.4. The number of benzene rings is 7. The highest BCUT2D eigenvalue weighted by molar-refractivity contribution is 6.21. The summed E-state index contributed by atoms with van der Waals surface area (Å²) in [7, 11) is 0. The molecule has 0 saturated carbocycles. The van der Waals surface area contributed by atoms with Crippen LogP contribution in [0.4, 0.5) is 0 Å². The van der Waals surface area contributed by atoms with Gasteiger partial charge in [0.05, 0.1) is 27.8 Å². The molecule has 0 bridgehead atoms. The van der Waals surface area contributed by atoms with Gasteiger partial charge < -0.3 is 13.6 Å².